The molecule has 2 heterocycles. The number of aromatic nitrogens is 4. The van der Waals surface area contributed by atoms with Crippen molar-refractivity contribution in [3.8, 4) is 11.4 Å². The predicted molar refractivity (Wildman–Crippen MR) is 81.4 cm³/mol. The SMILES string of the molecule is Brc1ccc(-c2nc3ccccc3c3nncn23)cc1. The van der Waals surface area contributed by atoms with Crippen LogP contribution in [0.3, 0.4) is 0 Å². The Morgan fingerprint density at radius 2 is 1.75 bits per heavy atom. The van der Waals surface area contributed by atoms with Gasteiger partial charge in [-0.3, -0.25) is 4.40 Å². The van der Waals surface area contributed by atoms with E-state index >= 15 is 0 Å². The molecule has 20 heavy (non-hydrogen) atoms. The zero-order chi connectivity index (χ0) is 13.5. The van der Waals surface area contributed by atoms with E-state index in [0.717, 1.165) is 32.4 Å². The molecule has 0 spiro atoms. The fourth-order valence-corrected chi connectivity index (χ4v) is 2.57. The summed E-state index contributed by atoms with van der Waals surface area (Å²) in [4.78, 5) is 4.74. The van der Waals surface area contributed by atoms with Crippen LogP contribution in [0.15, 0.2) is 59.3 Å². The second kappa shape index (κ2) is 4.38. The topological polar surface area (TPSA) is 43.1 Å². The van der Waals surface area contributed by atoms with Crippen LogP contribution in [0.1, 0.15) is 0 Å². The highest BCUT2D eigenvalue weighted by atomic mass is 79.9. The molecule has 4 nitrogen and oxygen atoms in total. The Hall–Kier alpha value is -2.27. The molecule has 5 heteroatoms. The van der Waals surface area contributed by atoms with Crippen LogP contribution in [-0.2, 0) is 0 Å². The summed E-state index contributed by atoms with van der Waals surface area (Å²) in [6.45, 7) is 0. The fraction of sp³-hybridized carbons (Fsp3) is 0. The molecule has 0 atom stereocenters. The molecule has 0 N–H and O–H groups in total. The molecule has 0 aliphatic heterocycles. The van der Waals surface area contributed by atoms with Gasteiger partial charge in [-0.2, -0.15) is 0 Å². The second-order valence-electron chi connectivity index (χ2n) is 4.48. The summed E-state index contributed by atoms with van der Waals surface area (Å²) in [6.07, 6.45) is 1.70. The van der Waals surface area contributed by atoms with E-state index < -0.39 is 0 Å². The van der Waals surface area contributed by atoms with Crippen molar-refractivity contribution in [2.24, 2.45) is 0 Å². The minimum absolute atomic E-state index is 0.827. The van der Waals surface area contributed by atoms with Crippen LogP contribution in [0.25, 0.3) is 27.9 Å². The first-order valence-electron chi connectivity index (χ1n) is 6.17. The summed E-state index contributed by atoms with van der Waals surface area (Å²) in [5.41, 5.74) is 2.78. The van der Waals surface area contributed by atoms with Crippen molar-refractivity contribution in [3.05, 3.63) is 59.3 Å². The zero-order valence-corrected chi connectivity index (χ0v) is 11.9. The second-order valence-corrected chi connectivity index (χ2v) is 5.40. The fourth-order valence-electron chi connectivity index (χ4n) is 2.30. The maximum Gasteiger partial charge on any atom is 0.171 e. The maximum absolute atomic E-state index is 4.74. The van der Waals surface area contributed by atoms with E-state index in [4.69, 9.17) is 4.98 Å². The van der Waals surface area contributed by atoms with Crippen LogP contribution in [-0.4, -0.2) is 19.6 Å². The van der Waals surface area contributed by atoms with Gasteiger partial charge in [-0.05, 0) is 24.3 Å². The van der Waals surface area contributed by atoms with E-state index in [-0.39, 0.29) is 0 Å². The quantitative estimate of drug-likeness (QED) is 0.536. The smallest absolute Gasteiger partial charge is 0.171 e. The molecule has 0 aliphatic carbocycles. The van der Waals surface area contributed by atoms with Gasteiger partial charge in [0.1, 0.15) is 12.2 Å². The Kier molecular flexibility index (Phi) is 2.53. The molecule has 0 amide bonds. The third kappa shape index (κ3) is 1.71. The van der Waals surface area contributed by atoms with Gasteiger partial charge in [0.05, 0.1) is 5.52 Å². The van der Waals surface area contributed by atoms with Gasteiger partial charge in [0.2, 0.25) is 0 Å². The Bertz CT molecular complexity index is 912. The molecule has 0 saturated heterocycles. The minimum atomic E-state index is 0.827. The van der Waals surface area contributed by atoms with Gasteiger partial charge >= 0.3 is 0 Å². The molecule has 0 bridgehead atoms. The van der Waals surface area contributed by atoms with Gasteiger partial charge in [0.15, 0.2) is 5.65 Å². The van der Waals surface area contributed by atoms with E-state index in [9.17, 15) is 0 Å². The zero-order valence-electron chi connectivity index (χ0n) is 10.4. The average Bonchev–Trinajstić information content (AvgIpc) is 2.97. The summed E-state index contributed by atoms with van der Waals surface area (Å²) >= 11 is 3.45. The molecule has 0 saturated carbocycles. The highest BCUT2D eigenvalue weighted by Gasteiger charge is 2.10. The van der Waals surface area contributed by atoms with Gasteiger partial charge < -0.3 is 0 Å². The Morgan fingerprint density at radius 1 is 0.950 bits per heavy atom. The van der Waals surface area contributed by atoms with Crippen LogP contribution in [0.2, 0.25) is 0 Å². The highest BCUT2D eigenvalue weighted by molar-refractivity contribution is 9.10. The van der Waals surface area contributed by atoms with Crippen molar-refractivity contribution >= 4 is 32.5 Å². The molecule has 4 aromatic rings. The lowest BCUT2D eigenvalue weighted by atomic mass is 10.2. The summed E-state index contributed by atoms with van der Waals surface area (Å²) in [7, 11) is 0. The minimum Gasteiger partial charge on any atom is -0.265 e. The highest BCUT2D eigenvalue weighted by Crippen LogP contribution is 2.25. The number of rotatable bonds is 1. The van der Waals surface area contributed by atoms with Gasteiger partial charge in [-0.1, -0.05) is 40.2 Å². The lowest BCUT2D eigenvalue weighted by Crippen LogP contribution is -1.96. The van der Waals surface area contributed by atoms with Crippen molar-refractivity contribution in [2.75, 3.05) is 0 Å². The molecule has 0 aliphatic rings. The first kappa shape index (κ1) is 11.5. The normalized spacial score (nSPS) is 11.2. The van der Waals surface area contributed by atoms with Crippen molar-refractivity contribution in [1.82, 2.24) is 19.6 Å². The molecular formula is C15H9BrN4. The van der Waals surface area contributed by atoms with E-state index in [1.165, 1.54) is 0 Å². The third-order valence-electron chi connectivity index (χ3n) is 3.25. The molecule has 0 fully saturated rings. The van der Waals surface area contributed by atoms with Crippen LogP contribution < -0.4 is 0 Å². The first-order chi connectivity index (χ1) is 9.83. The van der Waals surface area contributed by atoms with Crippen LogP contribution in [0.4, 0.5) is 0 Å². The van der Waals surface area contributed by atoms with Crippen LogP contribution >= 0.6 is 15.9 Å². The summed E-state index contributed by atoms with van der Waals surface area (Å²) < 4.78 is 2.97. The Morgan fingerprint density at radius 3 is 2.60 bits per heavy atom. The van der Waals surface area contributed by atoms with Gasteiger partial charge in [0.25, 0.3) is 0 Å². The Labute approximate surface area is 123 Å². The van der Waals surface area contributed by atoms with Crippen molar-refractivity contribution < 1.29 is 0 Å². The van der Waals surface area contributed by atoms with Gasteiger partial charge in [-0.15, -0.1) is 10.2 Å². The Balaban J connectivity index is 2.11. The molecule has 0 unspecified atom stereocenters. The van der Waals surface area contributed by atoms with Crippen LogP contribution in [0, 0.1) is 0 Å². The summed E-state index contributed by atoms with van der Waals surface area (Å²) in [5.74, 6) is 0.844. The van der Waals surface area contributed by atoms with Gasteiger partial charge in [-0.25, -0.2) is 4.98 Å². The number of benzene rings is 2. The maximum atomic E-state index is 4.74. The van der Waals surface area contributed by atoms with Crippen molar-refractivity contribution in [1.29, 1.82) is 0 Å². The summed E-state index contributed by atoms with van der Waals surface area (Å²) in [6, 6.07) is 16.0. The standard InChI is InChI=1S/C15H9BrN4/c16-11-7-5-10(6-8-11)14-18-13-4-2-1-3-12(13)15-19-17-9-20(14)15/h1-9H. The monoisotopic (exact) mass is 324 g/mol. The number of para-hydroxylation sites is 1. The van der Waals surface area contributed by atoms with E-state index in [2.05, 4.69) is 26.1 Å². The molecule has 2 aromatic carbocycles. The number of fused-ring (bicyclic) bond motifs is 3. The summed E-state index contributed by atoms with van der Waals surface area (Å²) in [5, 5.41) is 9.24. The lowest BCUT2D eigenvalue weighted by Gasteiger charge is -2.07. The van der Waals surface area contributed by atoms with Gasteiger partial charge in [0, 0.05) is 15.4 Å². The molecule has 0 radical (unpaired) electrons. The largest absolute Gasteiger partial charge is 0.265 e. The predicted octanol–water partition coefficient (Wildman–Crippen LogP) is 3.71. The molecule has 96 valence electrons. The average molecular weight is 325 g/mol. The van der Waals surface area contributed by atoms with Crippen molar-refractivity contribution in [2.45, 2.75) is 0 Å². The van der Waals surface area contributed by atoms with Crippen LogP contribution in [0.5, 0.6) is 0 Å². The number of nitrogens with zero attached hydrogens (tertiary/aromatic N) is 4. The third-order valence-corrected chi connectivity index (χ3v) is 3.78. The van der Waals surface area contributed by atoms with E-state index in [1.54, 1.807) is 6.33 Å². The molecule has 2 aromatic heterocycles. The lowest BCUT2D eigenvalue weighted by molar-refractivity contribution is 1.09. The first-order valence-corrected chi connectivity index (χ1v) is 6.97. The number of hydrogen-bond acceptors (Lipinski definition) is 3. The van der Waals surface area contributed by atoms with E-state index in [1.807, 2.05) is 52.9 Å². The van der Waals surface area contributed by atoms with E-state index in [0.29, 0.717) is 0 Å². The molecular weight excluding hydrogens is 316 g/mol. The molecule has 4 rings (SSSR count). The van der Waals surface area contributed by atoms with Crippen molar-refractivity contribution in [3.63, 3.8) is 0 Å². The number of halogens is 1. The number of hydrogen-bond donors (Lipinski definition) is 0.